The fraction of sp³-hybridized carbons (Fsp3) is 0.391. The standard InChI is InChI=1S/C23H30ClN3O4Si/c1-23(2,3)32(7,8)31-21-18(29-5)11-14(12-19(21)30-6)27(4)22(28)17-13-16-15(25-17)9-10-20(24)26-16/h9-13,25H,1-8H3. The molecule has 0 fully saturated rings. The van der Waals surface area contributed by atoms with E-state index in [1.807, 2.05) is 0 Å². The molecule has 7 nitrogen and oxygen atoms in total. The Bertz CT molecular complexity index is 1130. The number of amides is 1. The number of hydrogen-bond donors (Lipinski definition) is 1. The fourth-order valence-corrected chi connectivity index (χ4v) is 4.14. The highest BCUT2D eigenvalue weighted by Crippen LogP contribution is 2.46. The van der Waals surface area contributed by atoms with Gasteiger partial charge in [0.2, 0.25) is 0 Å². The number of hydrogen-bond acceptors (Lipinski definition) is 5. The Morgan fingerprint density at radius 2 is 1.69 bits per heavy atom. The summed E-state index contributed by atoms with van der Waals surface area (Å²) in [5, 5.41) is 0.372. The molecule has 0 unspecified atom stereocenters. The van der Waals surface area contributed by atoms with Crippen LogP contribution in [0.25, 0.3) is 11.0 Å². The number of rotatable bonds is 6. The molecular formula is C23H30ClN3O4Si. The predicted octanol–water partition coefficient (Wildman–Crippen LogP) is 5.89. The number of H-pyrrole nitrogens is 1. The minimum Gasteiger partial charge on any atom is -0.539 e. The summed E-state index contributed by atoms with van der Waals surface area (Å²) in [7, 11) is 2.70. The molecule has 2 heterocycles. The van der Waals surface area contributed by atoms with E-state index in [2.05, 4.69) is 43.8 Å². The van der Waals surface area contributed by atoms with Crippen molar-refractivity contribution >= 4 is 42.5 Å². The molecule has 1 amide bonds. The second-order valence-electron chi connectivity index (χ2n) is 9.16. The monoisotopic (exact) mass is 475 g/mol. The molecule has 0 atom stereocenters. The van der Waals surface area contributed by atoms with Crippen LogP contribution in [0.2, 0.25) is 23.3 Å². The molecule has 0 radical (unpaired) electrons. The number of carbonyl (C=O) groups excluding carboxylic acids is 1. The van der Waals surface area contributed by atoms with Crippen LogP contribution < -0.4 is 18.8 Å². The third-order valence-electron chi connectivity index (χ3n) is 5.97. The first kappa shape index (κ1) is 23.9. The van der Waals surface area contributed by atoms with Crippen molar-refractivity contribution in [3.8, 4) is 17.2 Å². The maximum atomic E-state index is 13.2. The van der Waals surface area contributed by atoms with Gasteiger partial charge < -0.3 is 23.8 Å². The Morgan fingerprint density at radius 1 is 1.09 bits per heavy atom. The van der Waals surface area contributed by atoms with Gasteiger partial charge in [-0.25, -0.2) is 4.98 Å². The van der Waals surface area contributed by atoms with Crippen molar-refractivity contribution in [1.29, 1.82) is 0 Å². The van der Waals surface area contributed by atoms with E-state index in [0.29, 0.717) is 39.3 Å². The summed E-state index contributed by atoms with van der Waals surface area (Å²) in [5.74, 6) is 1.33. The van der Waals surface area contributed by atoms with Crippen molar-refractivity contribution in [2.24, 2.45) is 0 Å². The Balaban J connectivity index is 1.99. The van der Waals surface area contributed by atoms with Crippen molar-refractivity contribution in [2.45, 2.75) is 38.9 Å². The predicted molar refractivity (Wildman–Crippen MR) is 131 cm³/mol. The molecule has 0 saturated heterocycles. The van der Waals surface area contributed by atoms with Crippen LogP contribution in [0.3, 0.4) is 0 Å². The molecule has 0 aliphatic rings. The van der Waals surface area contributed by atoms with Crippen LogP contribution in [0, 0.1) is 0 Å². The first-order chi connectivity index (χ1) is 14.9. The lowest BCUT2D eigenvalue weighted by Gasteiger charge is -2.37. The van der Waals surface area contributed by atoms with Gasteiger partial charge in [0.25, 0.3) is 14.2 Å². The van der Waals surface area contributed by atoms with E-state index in [9.17, 15) is 4.79 Å². The number of aromatic amines is 1. The second-order valence-corrected chi connectivity index (χ2v) is 14.3. The summed E-state index contributed by atoms with van der Waals surface area (Å²) < 4.78 is 17.8. The minimum absolute atomic E-state index is 0.000999. The highest BCUT2D eigenvalue weighted by molar-refractivity contribution is 6.74. The second kappa shape index (κ2) is 8.67. The molecule has 0 aliphatic heterocycles. The zero-order valence-electron chi connectivity index (χ0n) is 19.8. The number of ether oxygens (including phenoxy) is 2. The van der Waals surface area contributed by atoms with Crippen molar-refractivity contribution in [2.75, 3.05) is 26.2 Å². The summed E-state index contributed by atoms with van der Waals surface area (Å²) in [6.45, 7) is 10.8. The van der Waals surface area contributed by atoms with Crippen LogP contribution in [-0.4, -0.2) is 45.5 Å². The summed E-state index contributed by atoms with van der Waals surface area (Å²) in [4.78, 5) is 22.0. The maximum Gasteiger partial charge on any atom is 0.274 e. The molecule has 0 bridgehead atoms. The third kappa shape index (κ3) is 4.56. The van der Waals surface area contributed by atoms with Gasteiger partial charge in [-0.05, 0) is 36.3 Å². The highest BCUT2D eigenvalue weighted by atomic mass is 35.5. The van der Waals surface area contributed by atoms with Crippen LogP contribution >= 0.6 is 11.6 Å². The zero-order chi connectivity index (χ0) is 23.8. The SMILES string of the molecule is COc1cc(N(C)C(=O)c2cc3nc(Cl)ccc3[nH]2)cc(OC)c1O[Si](C)(C)C(C)(C)C. The summed E-state index contributed by atoms with van der Waals surface area (Å²) in [5.41, 5.74) is 2.37. The fourth-order valence-electron chi connectivity index (χ4n) is 2.97. The van der Waals surface area contributed by atoms with E-state index in [1.165, 1.54) is 4.90 Å². The molecule has 1 N–H and O–H groups in total. The highest BCUT2D eigenvalue weighted by Gasteiger charge is 2.40. The number of nitrogens with one attached hydrogen (secondary N) is 1. The minimum atomic E-state index is -2.15. The number of halogens is 1. The van der Waals surface area contributed by atoms with Gasteiger partial charge in [0, 0.05) is 19.2 Å². The molecule has 32 heavy (non-hydrogen) atoms. The number of pyridine rings is 1. The number of nitrogens with zero attached hydrogens (tertiary/aromatic N) is 2. The molecule has 0 spiro atoms. The number of fused-ring (bicyclic) bond motifs is 1. The van der Waals surface area contributed by atoms with Crippen LogP contribution in [-0.2, 0) is 0 Å². The smallest absolute Gasteiger partial charge is 0.274 e. The molecule has 2 aromatic heterocycles. The van der Waals surface area contributed by atoms with Crippen LogP contribution in [0.15, 0.2) is 30.3 Å². The molecule has 1 aromatic carbocycles. The van der Waals surface area contributed by atoms with Crippen LogP contribution in [0.4, 0.5) is 5.69 Å². The lowest BCUT2D eigenvalue weighted by atomic mass is 10.2. The Morgan fingerprint density at radius 3 is 2.22 bits per heavy atom. The number of benzene rings is 1. The van der Waals surface area contributed by atoms with Gasteiger partial charge in [-0.2, -0.15) is 0 Å². The largest absolute Gasteiger partial charge is 0.539 e. The first-order valence-electron chi connectivity index (χ1n) is 10.3. The lowest BCUT2D eigenvalue weighted by molar-refractivity contribution is 0.0989. The van der Waals surface area contributed by atoms with E-state index in [-0.39, 0.29) is 10.9 Å². The van der Waals surface area contributed by atoms with E-state index >= 15 is 0 Å². The summed E-state index contributed by atoms with van der Waals surface area (Å²) >= 11 is 5.96. The van der Waals surface area contributed by atoms with Gasteiger partial charge in [-0.1, -0.05) is 32.4 Å². The summed E-state index contributed by atoms with van der Waals surface area (Å²) in [6, 6.07) is 8.71. The molecule has 3 rings (SSSR count). The molecule has 3 aromatic rings. The van der Waals surface area contributed by atoms with Gasteiger partial charge in [0.15, 0.2) is 17.2 Å². The van der Waals surface area contributed by atoms with Crippen molar-refractivity contribution in [3.63, 3.8) is 0 Å². The van der Waals surface area contributed by atoms with Gasteiger partial charge in [-0.15, -0.1) is 0 Å². The van der Waals surface area contributed by atoms with Crippen molar-refractivity contribution in [3.05, 3.63) is 41.2 Å². The van der Waals surface area contributed by atoms with E-state index in [4.69, 9.17) is 25.5 Å². The van der Waals surface area contributed by atoms with E-state index < -0.39 is 8.32 Å². The Kier molecular flexibility index (Phi) is 6.49. The molecule has 9 heteroatoms. The van der Waals surface area contributed by atoms with Crippen LogP contribution in [0.1, 0.15) is 31.3 Å². The number of methoxy groups -OCH3 is 2. The Labute approximate surface area is 194 Å². The first-order valence-corrected chi connectivity index (χ1v) is 13.5. The molecule has 0 aliphatic carbocycles. The van der Waals surface area contributed by atoms with E-state index in [0.717, 1.165) is 5.52 Å². The van der Waals surface area contributed by atoms with Crippen molar-refractivity contribution < 1.29 is 18.7 Å². The maximum absolute atomic E-state index is 13.2. The van der Waals surface area contributed by atoms with E-state index in [1.54, 1.807) is 51.6 Å². The van der Waals surface area contributed by atoms with Crippen molar-refractivity contribution in [1.82, 2.24) is 9.97 Å². The third-order valence-corrected chi connectivity index (χ3v) is 10.5. The van der Waals surface area contributed by atoms with Crippen LogP contribution in [0.5, 0.6) is 17.2 Å². The molecular weight excluding hydrogens is 446 g/mol. The average Bonchev–Trinajstić information content (AvgIpc) is 3.14. The molecule has 172 valence electrons. The Hall–Kier alpha value is -2.71. The number of carbonyl (C=O) groups is 1. The molecule has 0 saturated carbocycles. The topological polar surface area (TPSA) is 76.7 Å². The van der Waals surface area contributed by atoms with Gasteiger partial charge >= 0.3 is 0 Å². The quantitative estimate of drug-likeness (QED) is 0.355. The average molecular weight is 476 g/mol. The van der Waals surface area contributed by atoms with Gasteiger partial charge in [0.1, 0.15) is 10.8 Å². The normalized spacial score (nSPS) is 12.0. The van der Waals surface area contributed by atoms with Gasteiger partial charge in [-0.3, -0.25) is 4.79 Å². The lowest BCUT2D eigenvalue weighted by Crippen LogP contribution is -2.44. The zero-order valence-corrected chi connectivity index (χ0v) is 21.5. The number of aromatic nitrogens is 2. The number of anilines is 1. The van der Waals surface area contributed by atoms with Gasteiger partial charge in [0.05, 0.1) is 30.9 Å². The summed E-state index contributed by atoms with van der Waals surface area (Å²) in [6.07, 6.45) is 0.